The summed E-state index contributed by atoms with van der Waals surface area (Å²) in [5.41, 5.74) is 3.56. The SMILES string of the molecule is CCS(=O)(=O)NC1CCC(CN2CCC(c3cc(-c4ccc(F)cc4C(=O)N4CCC(F)(F)CC4C)c4cnn(C)c4c3)C2)CC1. The number of hydrogen-bond acceptors (Lipinski definition) is 5. The van der Waals surface area contributed by atoms with Gasteiger partial charge in [0.05, 0.1) is 23.0 Å². The van der Waals surface area contributed by atoms with Crippen LogP contribution in [-0.4, -0.2) is 83.8 Å². The van der Waals surface area contributed by atoms with Crippen LogP contribution in [0.1, 0.15) is 80.6 Å². The number of benzene rings is 2. The van der Waals surface area contributed by atoms with E-state index in [4.69, 9.17) is 0 Å². The highest BCUT2D eigenvalue weighted by molar-refractivity contribution is 7.89. The van der Waals surface area contributed by atoms with Gasteiger partial charge in [0.15, 0.2) is 0 Å². The van der Waals surface area contributed by atoms with E-state index in [-0.39, 0.29) is 29.8 Å². The lowest BCUT2D eigenvalue weighted by atomic mass is 9.86. The summed E-state index contributed by atoms with van der Waals surface area (Å²) in [7, 11) is -1.32. The zero-order valence-corrected chi connectivity index (χ0v) is 27.6. The number of amides is 1. The number of sulfonamides is 1. The Balaban J connectivity index is 1.22. The average Bonchev–Trinajstić information content (AvgIpc) is 3.63. The quantitative estimate of drug-likeness (QED) is 0.324. The molecule has 3 heterocycles. The molecule has 2 aromatic carbocycles. The monoisotopic (exact) mass is 659 g/mol. The number of fused-ring (bicyclic) bond motifs is 1. The second-order valence-electron chi connectivity index (χ2n) is 13.6. The lowest BCUT2D eigenvalue weighted by molar-refractivity contribution is -0.0664. The number of piperidine rings is 1. The Kier molecular flexibility index (Phi) is 9.26. The van der Waals surface area contributed by atoms with Gasteiger partial charge in [0.2, 0.25) is 10.0 Å². The molecule has 1 saturated carbocycles. The molecule has 12 heteroatoms. The van der Waals surface area contributed by atoms with Crippen molar-refractivity contribution in [3.05, 3.63) is 53.5 Å². The highest BCUT2D eigenvalue weighted by Crippen LogP contribution is 2.39. The first-order valence-corrected chi connectivity index (χ1v) is 18.1. The number of halogens is 3. The van der Waals surface area contributed by atoms with E-state index in [1.54, 1.807) is 30.8 Å². The molecular weight excluding hydrogens is 615 g/mol. The maximum Gasteiger partial charge on any atom is 0.254 e. The minimum Gasteiger partial charge on any atom is -0.335 e. The van der Waals surface area contributed by atoms with E-state index >= 15 is 0 Å². The number of aromatic nitrogens is 2. The van der Waals surface area contributed by atoms with Gasteiger partial charge in [-0.25, -0.2) is 26.3 Å². The number of alkyl halides is 2. The van der Waals surface area contributed by atoms with Crippen molar-refractivity contribution in [1.29, 1.82) is 0 Å². The second kappa shape index (κ2) is 12.9. The van der Waals surface area contributed by atoms with Gasteiger partial charge in [-0.05, 0) is 105 Å². The number of likely N-dealkylation sites (tertiary alicyclic amines) is 2. The number of rotatable bonds is 8. The summed E-state index contributed by atoms with van der Waals surface area (Å²) in [6.07, 6.45) is 5.63. The van der Waals surface area contributed by atoms with Gasteiger partial charge in [0, 0.05) is 57.0 Å². The molecule has 3 aliphatic rings. The Bertz CT molecular complexity index is 1700. The first-order valence-electron chi connectivity index (χ1n) is 16.5. The third-order valence-electron chi connectivity index (χ3n) is 10.3. The van der Waals surface area contributed by atoms with Crippen LogP contribution in [0.15, 0.2) is 36.5 Å². The molecule has 2 aliphatic heterocycles. The summed E-state index contributed by atoms with van der Waals surface area (Å²) in [6.45, 7) is 6.03. The molecule has 6 rings (SSSR count). The molecule has 3 fully saturated rings. The summed E-state index contributed by atoms with van der Waals surface area (Å²) in [5.74, 6) is -2.92. The maximum absolute atomic E-state index is 14.7. The molecule has 0 spiro atoms. The van der Waals surface area contributed by atoms with Crippen molar-refractivity contribution < 1.29 is 26.4 Å². The summed E-state index contributed by atoms with van der Waals surface area (Å²) in [4.78, 5) is 17.8. The van der Waals surface area contributed by atoms with Crippen LogP contribution < -0.4 is 4.72 Å². The number of hydrogen-bond donors (Lipinski definition) is 1. The number of carbonyl (C=O) groups excluding carboxylic acids is 1. The van der Waals surface area contributed by atoms with Crippen molar-refractivity contribution in [3.8, 4) is 11.1 Å². The highest BCUT2D eigenvalue weighted by atomic mass is 32.2. The third-order valence-corrected chi connectivity index (χ3v) is 11.8. The molecule has 2 unspecified atom stereocenters. The normalized spacial score (nSPS) is 25.7. The summed E-state index contributed by atoms with van der Waals surface area (Å²) >= 11 is 0. The van der Waals surface area contributed by atoms with Crippen molar-refractivity contribution in [3.63, 3.8) is 0 Å². The zero-order chi connectivity index (χ0) is 32.8. The van der Waals surface area contributed by atoms with Gasteiger partial charge in [-0.15, -0.1) is 0 Å². The fourth-order valence-corrected chi connectivity index (χ4v) is 8.61. The Hall–Kier alpha value is -2.96. The van der Waals surface area contributed by atoms with Gasteiger partial charge >= 0.3 is 0 Å². The number of carbonyl (C=O) groups is 1. The lowest BCUT2D eigenvalue weighted by Crippen LogP contribution is -2.48. The first kappa shape index (κ1) is 33.0. The van der Waals surface area contributed by atoms with Gasteiger partial charge in [-0.1, -0.05) is 6.07 Å². The fraction of sp³-hybridized carbons (Fsp3) is 0.588. The van der Waals surface area contributed by atoms with Crippen molar-refractivity contribution in [2.24, 2.45) is 13.0 Å². The number of aryl methyl sites for hydroxylation is 1. The van der Waals surface area contributed by atoms with E-state index in [0.717, 1.165) is 73.8 Å². The molecule has 1 amide bonds. The lowest BCUT2D eigenvalue weighted by Gasteiger charge is -2.37. The molecule has 250 valence electrons. The van der Waals surface area contributed by atoms with Gasteiger partial charge in [0.1, 0.15) is 5.82 Å². The van der Waals surface area contributed by atoms with E-state index in [9.17, 15) is 26.4 Å². The van der Waals surface area contributed by atoms with Crippen LogP contribution in [0.3, 0.4) is 0 Å². The molecule has 1 N–H and O–H groups in total. The van der Waals surface area contributed by atoms with Crippen LogP contribution in [0, 0.1) is 11.7 Å². The molecule has 3 aromatic rings. The summed E-state index contributed by atoms with van der Waals surface area (Å²) < 4.78 is 71.4. The van der Waals surface area contributed by atoms with Gasteiger partial charge in [0.25, 0.3) is 11.8 Å². The highest BCUT2D eigenvalue weighted by Gasteiger charge is 2.41. The molecule has 1 aromatic heterocycles. The Morgan fingerprint density at radius 1 is 1.07 bits per heavy atom. The van der Waals surface area contributed by atoms with Crippen LogP contribution in [-0.2, 0) is 17.1 Å². The van der Waals surface area contributed by atoms with E-state index < -0.39 is 46.6 Å². The largest absolute Gasteiger partial charge is 0.335 e. The summed E-state index contributed by atoms with van der Waals surface area (Å²) in [6, 6.07) is 7.80. The topological polar surface area (TPSA) is 87.5 Å². The standard InChI is InChI=1S/C34H44F3N5O3S/c1-4-46(44,45)39-27-8-5-23(6-9-27)20-41-13-11-24(21-41)25-15-29(31-19-38-40(3)32(31)16-25)28-10-7-26(35)17-30(28)33(43)42-14-12-34(36,37)18-22(42)2/h7,10,15-17,19,22-24,27,39H,4-6,8-9,11-14,18,20-21H2,1-3H3. The van der Waals surface area contributed by atoms with Crippen molar-refractivity contribution in [2.45, 2.75) is 82.7 Å². The van der Waals surface area contributed by atoms with Crippen LogP contribution in [0.5, 0.6) is 0 Å². The smallest absolute Gasteiger partial charge is 0.254 e. The Morgan fingerprint density at radius 2 is 1.83 bits per heavy atom. The maximum atomic E-state index is 14.7. The number of nitrogens with zero attached hydrogens (tertiary/aromatic N) is 4. The Labute approximate surface area is 269 Å². The zero-order valence-electron chi connectivity index (χ0n) is 26.8. The second-order valence-corrected chi connectivity index (χ2v) is 15.6. The summed E-state index contributed by atoms with van der Waals surface area (Å²) in [5, 5.41) is 5.34. The first-order chi connectivity index (χ1) is 21.8. The average molecular weight is 660 g/mol. The molecule has 0 radical (unpaired) electrons. The van der Waals surface area contributed by atoms with E-state index in [1.165, 1.54) is 17.0 Å². The molecule has 8 nitrogen and oxygen atoms in total. The van der Waals surface area contributed by atoms with E-state index in [0.29, 0.717) is 11.5 Å². The van der Waals surface area contributed by atoms with Crippen molar-refractivity contribution >= 4 is 26.8 Å². The fourth-order valence-electron chi connectivity index (χ4n) is 7.70. The molecule has 46 heavy (non-hydrogen) atoms. The Morgan fingerprint density at radius 3 is 2.54 bits per heavy atom. The minimum atomic E-state index is -3.19. The van der Waals surface area contributed by atoms with Crippen molar-refractivity contribution in [2.75, 3.05) is 31.9 Å². The van der Waals surface area contributed by atoms with Gasteiger partial charge < -0.3 is 9.80 Å². The van der Waals surface area contributed by atoms with Crippen LogP contribution in [0.4, 0.5) is 13.2 Å². The minimum absolute atomic E-state index is 0.0267. The number of nitrogens with one attached hydrogen (secondary N) is 1. The molecule has 0 bridgehead atoms. The molecular formula is C34H44F3N5O3S. The van der Waals surface area contributed by atoms with Gasteiger partial charge in [-0.3, -0.25) is 9.48 Å². The van der Waals surface area contributed by atoms with Crippen LogP contribution in [0.2, 0.25) is 0 Å². The van der Waals surface area contributed by atoms with Crippen LogP contribution in [0.25, 0.3) is 22.0 Å². The van der Waals surface area contributed by atoms with Gasteiger partial charge in [-0.2, -0.15) is 5.10 Å². The molecule has 2 saturated heterocycles. The molecule has 2 atom stereocenters. The van der Waals surface area contributed by atoms with Crippen LogP contribution >= 0.6 is 0 Å². The van der Waals surface area contributed by atoms with E-state index in [1.807, 2.05) is 7.05 Å². The third kappa shape index (κ3) is 6.99. The van der Waals surface area contributed by atoms with E-state index in [2.05, 4.69) is 26.9 Å². The predicted molar refractivity (Wildman–Crippen MR) is 173 cm³/mol. The van der Waals surface area contributed by atoms with Crippen molar-refractivity contribution in [1.82, 2.24) is 24.3 Å². The molecule has 1 aliphatic carbocycles. The predicted octanol–water partition coefficient (Wildman–Crippen LogP) is 5.93.